The lowest BCUT2D eigenvalue weighted by Gasteiger charge is -2.34. The van der Waals surface area contributed by atoms with Gasteiger partial charge < -0.3 is 19.1 Å². The summed E-state index contributed by atoms with van der Waals surface area (Å²) >= 11 is 5.85. The maximum atomic E-state index is 13.2. The summed E-state index contributed by atoms with van der Waals surface area (Å²) in [5.41, 5.74) is 1.84. The van der Waals surface area contributed by atoms with Crippen LogP contribution in [0, 0.1) is 6.92 Å². The summed E-state index contributed by atoms with van der Waals surface area (Å²) in [7, 11) is 0. The fourth-order valence-corrected chi connectivity index (χ4v) is 3.63. The highest BCUT2D eigenvalue weighted by Crippen LogP contribution is 2.26. The summed E-state index contributed by atoms with van der Waals surface area (Å²) in [6.45, 7) is 3.44. The number of hydrogen-bond acceptors (Lipinski definition) is 5. The zero-order valence-corrected chi connectivity index (χ0v) is 17.8. The number of ether oxygens (including phenoxy) is 1. The van der Waals surface area contributed by atoms with Crippen LogP contribution in [0.5, 0.6) is 5.75 Å². The summed E-state index contributed by atoms with van der Waals surface area (Å²) in [5.74, 6) is 0.817. The van der Waals surface area contributed by atoms with Crippen LogP contribution in [0.25, 0.3) is 11.3 Å². The smallest absolute Gasteiger partial charge is 0.260 e. The van der Waals surface area contributed by atoms with Crippen molar-refractivity contribution >= 4 is 23.4 Å². The first kappa shape index (κ1) is 20.9. The number of halogens is 1. The van der Waals surface area contributed by atoms with Crippen molar-refractivity contribution < 1.29 is 18.8 Å². The Kier molecular flexibility index (Phi) is 6.23. The lowest BCUT2D eigenvalue weighted by molar-refractivity contribution is -0.134. The fraction of sp³-hybridized carbons (Fsp3) is 0.261. The van der Waals surface area contributed by atoms with E-state index in [1.807, 2.05) is 30.3 Å². The minimum absolute atomic E-state index is 0.0571. The van der Waals surface area contributed by atoms with E-state index in [0.717, 1.165) is 5.56 Å². The van der Waals surface area contributed by atoms with Gasteiger partial charge in [0, 0.05) is 36.8 Å². The molecule has 0 saturated carbocycles. The Hall–Kier alpha value is -3.32. The Morgan fingerprint density at radius 3 is 2.32 bits per heavy atom. The third-order valence-electron chi connectivity index (χ3n) is 5.22. The van der Waals surface area contributed by atoms with Gasteiger partial charge in [-0.1, -0.05) is 47.1 Å². The highest BCUT2D eigenvalue weighted by molar-refractivity contribution is 6.30. The SMILES string of the molecule is Cc1onc(-c2ccccc2)c1C(=O)N1CCN(C(=O)COc2ccc(Cl)cc2)CC1. The maximum Gasteiger partial charge on any atom is 0.260 e. The first-order valence-corrected chi connectivity index (χ1v) is 10.4. The summed E-state index contributed by atoms with van der Waals surface area (Å²) in [5, 5.41) is 4.70. The number of nitrogens with zero attached hydrogens (tertiary/aromatic N) is 3. The molecule has 2 heterocycles. The Morgan fingerprint density at radius 2 is 1.65 bits per heavy atom. The van der Waals surface area contributed by atoms with Crippen molar-refractivity contribution in [1.82, 2.24) is 15.0 Å². The molecule has 7 nitrogen and oxygen atoms in total. The number of rotatable bonds is 5. The molecule has 160 valence electrons. The molecule has 0 spiro atoms. The van der Waals surface area contributed by atoms with Gasteiger partial charge in [-0.05, 0) is 31.2 Å². The van der Waals surface area contributed by atoms with E-state index in [1.165, 1.54) is 0 Å². The van der Waals surface area contributed by atoms with Gasteiger partial charge in [0.2, 0.25) is 0 Å². The van der Waals surface area contributed by atoms with E-state index in [4.69, 9.17) is 20.9 Å². The number of carbonyl (C=O) groups is 2. The molecule has 2 aromatic carbocycles. The second kappa shape index (κ2) is 9.22. The first-order chi connectivity index (χ1) is 15.0. The van der Waals surface area contributed by atoms with Crippen molar-refractivity contribution in [3.8, 4) is 17.0 Å². The van der Waals surface area contributed by atoms with Crippen molar-refractivity contribution in [3.05, 3.63) is 70.9 Å². The van der Waals surface area contributed by atoms with Gasteiger partial charge >= 0.3 is 0 Å². The van der Waals surface area contributed by atoms with Gasteiger partial charge in [0.25, 0.3) is 11.8 Å². The number of hydrogen-bond donors (Lipinski definition) is 0. The number of amides is 2. The minimum atomic E-state index is -0.137. The van der Waals surface area contributed by atoms with E-state index < -0.39 is 0 Å². The van der Waals surface area contributed by atoms with E-state index in [2.05, 4.69) is 5.16 Å². The first-order valence-electron chi connectivity index (χ1n) is 10.00. The largest absolute Gasteiger partial charge is 0.484 e. The molecule has 31 heavy (non-hydrogen) atoms. The average Bonchev–Trinajstić information content (AvgIpc) is 3.20. The van der Waals surface area contributed by atoms with E-state index in [-0.39, 0.29) is 18.4 Å². The molecule has 1 saturated heterocycles. The van der Waals surface area contributed by atoms with Crippen LogP contribution < -0.4 is 4.74 Å². The van der Waals surface area contributed by atoms with Crippen LogP contribution in [-0.4, -0.2) is 59.6 Å². The summed E-state index contributed by atoms with van der Waals surface area (Å²) in [6.07, 6.45) is 0. The quantitative estimate of drug-likeness (QED) is 0.606. The molecular formula is C23H22ClN3O4. The molecule has 1 aliphatic heterocycles. The van der Waals surface area contributed by atoms with Gasteiger partial charge in [-0.2, -0.15) is 0 Å². The molecule has 0 bridgehead atoms. The van der Waals surface area contributed by atoms with Crippen molar-refractivity contribution in [2.75, 3.05) is 32.8 Å². The molecule has 2 amide bonds. The summed E-state index contributed by atoms with van der Waals surface area (Å²) < 4.78 is 10.9. The monoisotopic (exact) mass is 439 g/mol. The van der Waals surface area contributed by atoms with Gasteiger partial charge in [-0.3, -0.25) is 9.59 Å². The van der Waals surface area contributed by atoms with Crippen LogP contribution in [0.2, 0.25) is 5.02 Å². The second-order valence-electron chi connectivity index (χ2n) is 7.24. The maximum absolute atomic E-state index is 13.2. The molecular weight excluding hydrogens is 418 g/mol. The number of benzene rings is 2. The highest BCUT2D eigenvalue weighted by atomic mass is 35.5. The van der Waals surface area contributed by atoms with E-state index in [1.54, 1.807) is 41.0 Å². The van der Waals surface area contributed by atoms with Crippen molar-refractivity contribution in [2.45, 2.75) is 6.92 Å². The molecule has 1 fully saturated rings. The zero-order valence-electron chi connectivity index (χ0n) is 17.1. The fourth-order valence-electron chi connectivity index (χ4n) is 3.50. The van der Waals surface area contributed by atoms with Gasteiger partial charge in [0.15, 0.2) is 6.61 Å². The van der Waals surface area contributed by atoms with Crippen LogP contribution in [-0.2, 0) is 4.79 Å². The van der Waals surface area contributed by atoms with Crippen LogP contribution in [0.15, 0.2) is 59.1 Å². The topological polar surface area (TPSA) is 75.9 Å². The highest BCUT2D eigenvalue weighted by Gasteiger charge is 2.29. The molecule has 0 atom stereocenters. The molecule has 1 aromatic heterocycles. The van der Waals surface area contributed by atoms with Crippen LogP contribution >= 0.6 is 11.6 Å². The summed E-state index contributed by atoms with van der Waals surface area (Å²) in [4.78, 5) is 29.1. The molecule has 0 N–H and O–H groups in total. The predicted octanol–water partition coefficient (Wildman–Crippen LogP) is 3.67. The van der Waals surface area contributed by atoms with Gasteiger partial charge in [-0.15, -0.1) is 0 Å². The molecule has 8 heteroatoms. The Morgan fingerprint density at radius 1 is 1.00 bits per heavy atom. The predicted molar refractivity (Wildman–Crippen MR) is 116 cm³/mol. The molecule has 3 aromatic rings. The van der Waals surface area contributed by atoms with Gasteiger partial charge in [0.1, 0.15) is 22.8 Å². The normalized spacial score (nSPS) is 13.9. The van der Waals surface area contributed by atoms with Crippen LogP contribution in [0.3, 0.4) is 0 Å². The molecule has 4 rings (SSSR count). The molecule has 0 radical (unpaired) electrons. The minimum Gasteiger partial charge on any atom is -0.484 e. The van der Waals surface area contributed by atoms with E-state index in [0.29, 0.717) is 54.0 Å². The number of carbonyl (C=O) groups excluding carboxylic acids is 2. The van der Waals surface area contributed by atoms with Gasteiger partial charge in [0.05, 0.1) is 0 Å². The molecule has 0 aliphatic carbocycles. The second-order valence-corrected chi connectivity index (χ2v) is 7.68. The van der Waals surface area contributed by atoms with E-state index in [9.17, 15) is 9.59 Å². The molecule has 0 unspecified atom stereocenters. The lowest BCUT2D eigenvalue weighted by atomic mass is 10.0. The Labute approximate surface area is 185 Å². The van der Waals surface area contributed by atoms with Crippen molar-refractivity contribution in [1.29, 1.82) is 0 Å². The number of aromatic nitrogens is 1. The van der Waals surface area contributed by atoms with Gasteiger partial charge in [-0.25, -0.2) is 0 Å². The third-order valence-corrected chi connectivity index (χ3v) is 5.47. The van der Waals surface area contributed by atoms with Crippen molar-refractivity contribution in [2.24, 2.45) is 0 Å². The number of piperazine rings is 1. The van der Waals surface area contributed by atoms with Crippen LogP contribution in [0.1, 0.15) is 16.1 Å². The Bertz CT molecular complexity index is 1060. The summed E-state index contributed by atoms with van der Waals surface area (Å²) in [6, 6.07) is 16.3. The standard InChI is InChI=1S/C23H22ClN3O4/c1-16-21(22(25-31-16)17-5-3-2-4-6-17)23(29)27-13-11-26(12-14-27)20(28)15-30-19-9-7-18(24)8-10-19/h2-10H,11-15H2,1H3. The molecule has 1 aliphatic rings. The number of aryl methyl sites for hydroxylation is 1. The van der Waals surface area contributed by atoms with E-state index >= 15 is 0 Å². The zero-order chi connectivity index (χ0) is 21.8. The van der Waals surface area contributed by atoms with Crippen molar-refractivity contribution in [3.63, 3.8) is 0 Å². The lowest BCUT2D eigenvalue weighted by Crippen LogP contribution is -2.51. The Balaban J connectivity index is 1.36. The van der Waals surface area contributed by atoms with Crippen LogP contribution in [0.4, 0.5) is 0 Å². The third kappa shape index (κ3) is 4.72. The average molecular weight is 440 g/mol.